The molecule has 0 aliphatic carbocycles. The Kier molecular flexibility index (Phi) is 6.79. The minimum atomic E-state index is -3.90. The molecule has 1 fully saturated rings. The van der Waals surface area contributed by atoms with Crippen molar-refractivity contribution in [3.8, 4) is 0 Å². The Labute approximate surface area is 178 Å². The molecule has 30 heavy (non-hydrogen) atoms. The van der Waals surface area contributed by atoms with Crippen molar-refractivity contribution in [3.63, 3.8) is 0 Å². The summed E-state index contributed by atoms with van der Waals surface area (Å²) in [7, 11) is -2.54. The molecule has 0 aromatic heterocycles. The van der Waals surface area contributed by atoms with E-state index in [0.717, 1.165) is 0 Å². The lowest BCUT2D eigenvalue weighted by molar-refractivity contribution is -0.115. The Balaban J connectivity index is 2.00. The maximum absolute atomic E-state index is 13.3. The second kappa shape index (κ2) is 9.15. The summed E-state index contributed by atoms with van der Waals surface area (Å²) in [5, 5.41) is -0.462. The third-order valence-electron chi connectivity index (χ3n) is 4.55. The summed E-state index contributed by atoms with van der Waals surface area (Å²) in [6.07, 6.45) is 0. The molecule has 1 aliphatic rings. The van der Waals surface area contributed by atoms with E-state index in [0.29, 0.717) is 16.8 Å². The zero-order valence-electron chi connectivity index (χ0n) is 16.4. The first kappa shape index (κ1) is 22.3. The molecular formula is C20H21FN2O5S2. The molecule has 1 aliphatic heterocycles. The first-order valence-corrected chi connectivity index (χ1v) is 11.8. The number of thioether (sulfide) groups is 1. The summed E-state index contributed by atoms with van der Waals surface area (Å²) in [5.41, 5.74) is 1.75. The lowest BCUT2D eigenvalue weighted by Gasteiger charge is -2.28. The van der Waals surface area contributed by atoms with E-state index in [1.165, 1.54) is 42.0 Å². The predicted molar refractivity (Wildman–Crippen MR) is 113 cm³/mol. The van der Waals surface area contributed by atoms with Crippen LogP contribution < -0.4 is 9.62 Å². The number of benzene rings is 2. The number of halogens is 1. The first-order chi connectivity index (χ1) is 14.2. The summed E-state index contributed by atoms with van der Waals surface area (Å²) < 4.78 is 44.4. The number of anilines is 1. The van der Waals surface area contributed by atoms with Crippen molar-refractivity contribution in [2.45, 2.75) is 12.3 Å². The van der Waals surface area contributed by atoms with Crippen LogP contribution in [0.3, 0.4) is 0 Å². The molecule has 0 radical (unpaired) electrons. The monoisotopic (exact) mass is 452 g/mol. The molecule has 2 amide bonds. The van der Waals surface area contributed by atoms with Gasteiger partial charge in [0.2, 0.25) is 15.9 Å². The van der Waals surface area contributed by atoms with E-state index in [1.807, 2.05) is 4.72 Å². The van der Waals surface area contributed by atoms with E-state index >= 15 is 0 Å². The van der Waals surface area contributed by atoms with Gasteiger partial charge in [0.25, 0.3) is 5.91 Å². The number of sulfonamides is 1. The molecule has 1 unspecified atom stereocenters. The van der Waals surface area contributed by atoms with Crippen LogP contribution in [0.1, 0.15) is 26.9 Å². The molecule has 1 saturated heterocycles. The topological polar surface area (TPSA) is 92.8 Å². The summed E-state index contributed by atoms with van der Waals surface area (Å²) in [6, 6.07) is 10.6. The number of hydrogen-bond donors (Lipinski definition) is 1. The lowest BCUT2D eigenvalue weighted by Crippen LogP contribution is -2.36. The highest BCUT2D eigenvalue weighted by atomic mass is 32.2. The molecule has 2 aromatic rings. The van der Waals surface area contributed by atoms with Crippen molar-refractivity contribution >= 4 is 39.3 Å². The molecular weight excluding hydrogens is 431 g/mol. The number of amides is 2. The van der Waals surface area contributed by atoms with Gasteiger partial charge in [0, 0.05) is 7.11 Å². The van der Waals surface area contributed by atoms with Crippen molar-refractivity contribution in [1.29, 1.82) is 0 Å². The van der Waals surface area contributed by atoms with Crippen LogP contribution in [-0.2, 0) is 19.6 Å². The van der Waals surface area contributed by atoms with E-state index in [2.05, 4.69) is 0 Å². The van der Waals surface area contributed by atoms with Crippen LogP contribution in [0.15, 0.2) is 42.5 Å². The number of hydrogen-bond acceptors (Lipinski definition) is 6. The van der Waals surface area contributed by atoms with Gasteiger partial charge >= 0.3 is 0 Å². The fourth-order valence-electron chi connectivity index (χ4n) is 3.14. The molecule has 160 valence electrons. The largest absolute Gasteiger partial charge is 0.384 e. The molecule has 1 atom stereocenters. The van der Waals surface area contributed by atoms with Gasteiger partial charge in [-0.1, -0.05) is 24.3 Å². The summed E-state index contributed by atoms with van der Waals surface area (Å²) in [5.74, 6) is -1.62. The Morgan fingerprint density at radius 1 is 1.27 bits per heavy atom. The second-order valence-corrected chi connectivity index (χ2v) is 9.60. The van der Waals surface area contributed by atoms with Crippen LogP contribution in [0.25, 0.3) is 0 Å². The number of para-hydroxylation sites is 1. The second-order valence-electron chi connectivity index (χ2n) is 6.69. The smallest absolute Gasteiger partial charge is 0.266 e. The number of rotatable bonds is 7. The van der Waals surface area contributed by atoms with Gasteiger partial charge in [-0.05, 0) is 36.2 Å². The summed E-state index contributed by atoms with van der Waals surface area (Å²) >= 11 is 1.35. The standard InChI is InChI=1S/C20H21FN2O5S2/c1-13-4-3-5-16(19(25)22-30(26,27)11-10-28-2)18(13)23-17(24)12-29-20(23)14-6-8-15(21)9-7-14/h3-9,20H,10-12H2,1-2H3,(H,22,25). The number of nitrogens with zero attached hydrogens (tertiary/aromatic N) is 1. The third-order valence-corrected chi connectivity index (χ3v) is 6.96. The number of carbonyl (C=O) groups is 2. The van der Waals surface area contributed by atoms with Gasteiger partial charge in [-0.2, -0.15) is 0 Å². The Morgan fingerprint density at radius 2 is 1.97 bits per heavy atom. The Morgan fingerprint density at radius 3 is 2.63 bits per heavy atom. The number of nitrogens with one attached hydrogen (secondary N) is 1. The number of methoxy groups -OCH3 is 1. The van der Waals surface area contributed by atoms with Crippen molar-refractivity contribution in [1.82, 2.24) is 4.72 Å². The van der Waals surface area contributed by atoms with E-state index in [4.69, 9.17) is 4.74 Å². The first-order valence-electron chi connectivity index (χ1n) is 9.06. The van der Waals surface area contributed by atoms with Gasteiger partial charge in [-0.15, -0.1) is 11.8 Å². The van der Waals surface area contributed by atoms with Crippen LogP contribution in [0, 0.1) is 12.7 Å². The highest BCUT2D eigenvalue weighted by Crippen LogP contribution is 2.44. The zero-order valence-corrected chi connectivity index (χ0v) is 18.1. The highest BCUT2D eigenvalue weighted by Gasteiger charge is 2.37. The molecule has 2 aromatic carbocycles. The number of aryl methyl sites for hydroxylation is 1. The van der Waals surface area contributed by atoms with Crippen molar-refractivity contribution < 1.29 is 27.1 Å². The Bertz CT molecular complexity index is 1060. The lowest BCUT2D eigenvalue weighted by atomic mass is 10.0. The van der Waals surface area contributed by atoms with Crippen LogP contribution in [-0.4, -0.2) is 45.5 Å². The number of carbonyl (C=O) groups excluding carboxylic acids is 2. The highest BCUT2D eigenvalue weighted by molar-refractivity contribution is 8.00. The van der Waals surface area contributed by atoms with Crippen molar-refractivity contribution in [3.05, 3.63) is 65.0 Å². The van der Waals surface area contributed by atoms with Crippen LogP contribution in [0.5, 0.6) is 0 Å². The quantitative estimate of drug-likeness (QED) is 0.694. The number of ether oxygens (including phenoxy) is 1. The van der Waals surface area contributed by atoms with E-state index < -0.39 is 27.1 Å². The van der Waals surface area contributed by atoms with Crippen molar-refractivity contribution in [2.24, 2.45) is 0 Å². The summed E-state index contributed by atoms with van der Waals surface area (Å²) in [4.78, 5) is 27.0. The van der Waals surface area contributed by atoms with E-state index in [1.54, 1.807) is 31.2 Å². The van der Waals surface area contributed by atoms with Crippen LogP contribution >= 0.6 is 11.8 Å². The van der Waals surface area contributed by atoms with Gasteiger partial charge in [0.1, 0.15) is 11.2 Å². The van der Waals surface area contributed by atoms with Crippen LogP contribution in [0.4, 0.5) is 10.1 Å². The van der Waals surface area contributed by atoms with Gasteiger partial charge in [0.05, 0.1) is 29.4 Å². The fraction of sp³-hybridized carbons (Fsp3) is 0.300. The molecule has 0 saturated carbocycles. The SMILES string of the molecule is COCCS(=O)(=O)NC(=O)c1cccc(C)c1N1C(=O)CSC1c1ccc(F)cc1. The fourth-order valence-corrected chi connectivity index (χ4v) is 5.18. The maximum Gasteiger partial charge on any atom is 0.266 e. The van der Waals surface area contributed by atoms with Crippen molar-refractivity contribution in [2.75, 3.05) is 30.1 Å². The normalized spacial score (nSPS) is 16.7. The minimum absolute atomic E-state index is 0.0584. The van der Waals surface area contributed by atoms with Gasteiger partial charge in [-0.3, -0.25) is 14.5 Å². The molecule has 0 bridgehead atoms. The van der Waals surface area contributed by atoms with Gasteiger partial charge < -0.3 is 4.74 Å². The Hall–Kier alpha value is -2.43. The third kappa shape index (κ3) is 4.82. The molecule has 1 heterocycles. The minimum Gasteiger partial charge on any atom is -0.384 e. The van der Waals surface area contributed by atoms with Gasteiger partial charge in [0.15, 0.2) is 0 Å². The predicted octanol–water partition coefficient (Wildman–Crippen LogP) is 2.62. The molecule has 3 rings (SSSR count). The zero-order chi connectivity index (χ0) is 21.9. The van der Waals surface area contributed by atoms with Gasteiger partial charge in [-0.25, -0.2) is 17.5 Å². The van der Waals surface area contributed by atoms with E-state index in [-0.39, 0.29) is 29.6 Å². The van der Waals surface area contributed by atoms with E-state index in [9.17, 15) is 22.4 Å². The summed E-state index contributed by atoms with van der Waals surface area (Å²) in [6.45, 7) is 1.68. The van der Waals surface area contributed by atoms with Crippen LogP contribution in [0.2, 0.25) is 0 Å². The average Bonchev–Trinajstić information content (AvgIpc) is 3.07. The molecule has 0 spiro atoms. The molecule has 10 heteroatoms. The maximum atomic E-state index is 13.3. The molecule has 7 nitrogen and oxygen atoms in total. The molecule has 1 N–H and O–H groups in total. The average molecular weight is 453 g/mol.